The van der Waals surface area contributed by atoms with E-state index < -0.39 is 0 Å². The molecule has 1 aromatic heterocycles. The van der Waals surface area contributed by atoms with Crippen LogP contribution in [0.25, 0.3) is 10.9 Å². The quantitative estimate of drug-likeness (QED) is 0.274. The molecule has 0 fully saturated rings. The number of nitrogens with one attached hydrogen (secondary N) is 2. The first kappa shape index (κ1) is 24.2. The minimum Gasteiger partial charge on any atom is -0.355 e. The third kappa shape index (κ3) is 6.16. The Hall–Kier alpha value is -3.91. The van der Waals surface area contributed by atoms with Gasteiger partial charge in [-0.1, -0.05) is 54.2 Å². The topological polar surface area (TPSA) is 93.1 Å². The van der Waals surface area contributed by atoms with Crippen LogP contribution in [-0.2, 0) is 17.8 Å². The van der Waals surface area contributed by atoms with E-state index in [0.717, 1.165) is 12.8 Å². The van der Waals surface area contributed by atoms with Crippen LogP contribution in [0.5, 0.6) is 0 Å². The van der Waals surface area contributed by atoms with E-state index in [1.807, 2.05) is 36.4 Å². The van der Waals surface area contributed by atoms with Gasteiger partial charge in [-0.3, -0.25) is 19.0 Å². The summed E-state index contributed by atoms with van der Waals surface area (Å²) in [6.45, 7) is 0.510. The van der Waals surface area contributed by atoms with Crippen molar-refractivity contribution in [3.63, 3.8) is 0 Å². The summed E-state index contributed by atoms with van der Waals surface area (Å²) in [4.78, 5) is 42.2. The lowest BCUT2D eigenvalue weighted by Crippen LogP contribution is -2.24. The van der Waals surface area contributed by atoms with Crippen LogP contribution in [0.1, 0.15) is 22.3 Å². The zero-order valence-electron chi connectivity index (χ0n) is 19.4. The first-order valence-corrected chi connectivity index (χ1v) is 12.3. The maximum Gasteiger partial charge on any atom is 0.262 e. The number of carbonyl (C=O) groups excluding carboxylic acids is 2. The summed E-state index contributed by atoms with van der Waals surface area (Å²) in [7, 11) is 1.57. The number of hydrogen-bond acceptors (Lipinski definition) is 5. The number of anilines is 1. The van der Waals surface area contributed by atoms with E-state index in [-0.39, 0.29) is 23.1 Å². The van der Waals surface area contributed by atoms with E-state index in [0.29, 0.717) is 33.9 Å². The number of amides is 2. The molecule has 1 heterocycles. The highest BCUT2D eigenvalue weighted by Gasteiger charge is 2.14. The Balaban J connectivity index is 1.47. The molecule has 0 unspecified atom stereocenters. The fourth-order valence-electron chi connectivity index (χ4n) is 3.72. The number of fused-ring (bicyclic) bond motifs is 1. The van der Waals surface area contributed by atoms with Crippen molar-refractivity contribution in [1.29, 1.82) is 0 Å². The number of aryl methyl sites for hydroxylation is 1. The Morgan fingerprint density at radius 2 is 1.66 bits per heavy atom. The Bertz CT molecular complexity index is 1390. The summed E-state index contributed by atoms with van der Waals surface area (Å²) < 4.78 is 1.67. The molecule has 0 bridgehead atoms. The van der Waals surface area contributed by atoms with Crippen molar-refractivity contribution in [2.45, 2.75) is 24.5 Å². The van der Waals surface area contributed by atoms with E-state index in [4.69, 9.17) is 0 Å². The summed E-state index contributed by atoms with van der Waals surface area (Å²) in [6.07, 6.45) is 1.62. The third-order valence-corrected chi connectivity index (χ3v) is 6.48. The Labute approximate surface area is 207 Å². The number of thioether (sulfide) groups is 1. The van der Waals surface area contributed by atoms with Gasteiger partial charge in [-0.05, 0) is 54.8 Å². The average Bonchev–Trinajstić information content (AvgIpc) is 2.89. The molecule has 2 amide bonds. The summed E-state index contributed by atoms with van der Waals surface area (Å²) in [5.41, 5.74) is 2.83. The van der Waals surface area contributed by atoms with Crippen molar-refractivity contribution < 1.29 is 9.59 Å². The molecule has 0 aliphatic carbocycles. The van der Waals surface area contributed by atoms with Gasteiger partial charge in [0.25, 0.3) is 11.5 Å². The van der Waals surface area contributed by atoms with Crippen LogP contribution in [0, 0.1) is 0 Å². The average molecular weight is 487 g/mol. The molecule has 0 saturated carbocycles. The molecule has 0 aliphatic heterocycles. The molecular formula is C27H26N4O3S. The van der Waals surface area contributed by atoms with Crippen LogP contribution >= 0.6 is 11.8 Å². The highest BCUT2D eigenvalue weighted by atomic mass is 32.2. The number of para-hydroxylation sites is 1. The second-order valence-corrected chi connectivity index (χ2v) is 8.89. The number of carbonyl (C=O) groups is 2. The molecule has 7 nitrogen and oxygen atoms in total. The van der Waals surface area contributed by atoms with Crippen molar-refractivity contribution in [1.82, 2.24) is 14.9 Å². The Kier molecular flexibility index (Phi) is 7.95. The van der Waals surface area contributed by atoms with Crippen molar-refractivity contribution in [3.8, 4) is 0 Å². The van der Waals surface area contributed by atoms with Gasteiger partial charge in [-0.15, -0.1) is 0 Å². The highest BCUT2D eigenvalue weighted by molar-refractivity contribution is 7.99. The highest BCUT2D eigenvalue weighted by Crippen LogP contribution is 2.19. The maximum absolute atomic E-state index is 13.2. The second-order valence-electron chi connectivity index (χ2n) is 7.95. The minimum atomic E-state index is -0.221. The van der Waals surface area contributed by atoms with E-state index in [2.05, 4.69) is 27.8 Å². The lowest BCUT2D eigenvalue weighted by molar-refractivity contribution is -0.113. The molecule has 35 heavy (non-hydrogen) atoms. The molecule has 2 N–H and O–H groups in total. The van der Waals surface area contributed by atoms with E-state index in [1.165, 1.54) is 17.3 Å². The van der Waals surface area contributed by atoms with Crippen molar-refractivity contribution in [2.24, 2.45) is 0 Å². The zero-order chi connectivity index (χ0) is 24.6. The number of benzene rings is 3. The van der Waals surface area contributed by atoms with Crippen molar-refractivity contribution in [3.05, 3.63) is 100 Å². The van der Waals surface area contributed by atoms with Crippen LogP contribution in [0.15, 0.2) is 88.8 Å². The van der Waals surface area contributed by atoms with Crippen LogP contribution < -0.4 is 16.2 Å². The van der Waals surface area contributed by atoms with E-state index in [9.17, 15) is 14.4 Å². The summed E-state index contributed by atoms with van der Waals surface area (Å²) >= 11 is 1.24. The fourth-order valence-corrected chi connectivity index (χ4v) is 4.54. The van der Waals surface area contributed by atoms with Crippen LogP contribution in [-0.4, -0.2) is 34.2 Å². The van der Waals surface area contributed by atoms with Crippen molar-refractivity contribution in [2.75, 3.05) is 18.1 Å². The normalized spacial score (nSPS) is 10.8. The van der Waals surface area contributed by atoms with Gasteiger partial charge in [0.05, 0.1) is 16.7 Å². The Morgan fingerprint density at radius 1 is 0.943 bits per heavy atom. The molecule has 8 heteroatoms. The summed E-state index contributed by atoms with van der Waals surface area (Å²) in [6, 6.07) is 24.1. The predicted octanol–water partition coefficient (Wildman–Crippen LogP) is 4.12. The largest absolute Gasteiger partial charge is 0.355 e. The molecule has 178 valence electrons. The molecule has 0 saturated heterocycles. The van der Waals surface area contributed by atoms with Crippen LogP contribution in [0.4, 0.5) is 5.69 Å². The smallest absolute Gasteiger partial charge is 0.262 e. The van der Waals surface area contributed by atoms with Gasteiger partial charge in [-0.2, -0.15) is 0 Å². The SMILES string of the molecule is CNC(=O)c1ccc(NC(=O)CSc2nc3ccccc3c(=O)n2CCCc2ccccc2)cc1. The lowest BCUT2D eigenvalue weighted by Gasteiger charge is -2.13. The van der Waals surface area contributed by atoms with E-state index in [1.54, 1.807) is 41.9 Å². The first-order valence-electron chi connectivity index (χ1n) is 11.3. The van der Waals surface area contributed by atoms with Crippen molar-refractivity contribution >= 4 is 40.2 Å². The van der Waals surface area contributed by atoms with Gasteiger partial charge < -0.3 is 10.6 Å². The van der Waals surface area contributed by atoms with Gasteiger partial charge in [0.1, 0.15) is 0 Å². The number of aromatic nitrogens is 2. The second kappa shape index (κ2) is 11.5. The first-order chi connectivity index (χ1) is 17.0. The molecule has 3 aromatic carbocycles. The maximum atomic E-state index is 13.2. The van der Waals surface area contributed by atoms with Crippen LogP contribution in [0.3, 0.4) is 0 Å². The van der Waals surface area contributed by atoms with Gasteiger partial charge in [0.2, 0.25) is 5.91 Å². The number of hydrogen-bond donors (Lipinski definition) is 2. The standard InChI is InChI=1S/C27H26N4O3S/c1-28-25(33)20-13-15-21(16-14-20)29-24(32)18-35-27-30-23-12-6-5-11-22(23)26(34)31(27)17-7-10-19-8-3-2-4-9-19/h2-6,8-9,11-16H,7,10,17-18H2,1H3,(H,28,33)(H,29,32). The minimum absolute atomic E-state index is 0.0979. The van der Waals surface area contributed by atoms with E-state index >= 15 is 0 Å². The number of nitrogens with zero attached hydrogens (tertiary/aromatic N) is 2. The molecule has 0 radical (unpaired) electrons. The molecule has 0 atom stereocenters. The Morgan fingerprint density at radius 3 is 2.40 bits per heavy atom. The van der Waals surface area contributed by atoms with Crippen LogP contribution in [0.2, 0.25) is 0 Å². The monoisotopic (exact) mass is 486 g/mol. The van der Waals surface area contributed by atoms with Gasteiger partial charge in [0, 0.05) is 24.8 Å². The van der Waals surface area contributed by atoms with Gasteiger partial charge in [-0.25, -0.2) is 4.98 Å². The fraction of sp³-hybridized carbons (Fsp3) is 0.185. The molecule has 0 aliphatic rings. The summed E-state index contributed by atoms with van der Waals surface area (Å²) in [5, 5.41) is 6.47. The summed E-state index contributed by atoms with van der Waals surface area (Å²) in [5.74, 6) is -0.312. The van der Waals surface area contributed by atoms with Gasteiger partial charge >= 0.3 is 0 Å². The molecular weight excluding hydrogens is 460 g/mol. The molecule has 4 rings (SSSR count). The van der Waals surface area contributed by atoms with Gasteiger partial charge in [0.15, 0.2) is 5.16 Å². The number of rotatable bonds is 9. The molecule has 0 spiro atoms. The third-order valence-electron chi connectivity index (χ3n) is 5.51. The predicted molar refractivity (Wildman–Crippen MR) is 140 cm³/mol. The molecule has 4 aromatic rings. The zero-order valence-corrected chi connectivity index (χ0v) is 20.2. The lowest BCUT2D eigenvalue weighted by atomic mass is 10.1.